The van der Waals surface area contributed by atoms with Crippen molar-refractivity contribution in [1.29, 1.82) is 0 Å². The van der Waals surface area contributed by atoms with Gasteiger partial charge in [-0.3, -0.25) is 4.79 Å². The van der Waals surface area contributed by atoms with Gasteiger partial charge in [0.25, 0.3) is 5.91 Å². The molecule has 0 saturated heterocycles. The van der Waals surface area contributed by atoms with Crippen molar-refractivity contribution in [2.24, 2.45) is 5.10 Å². The minimum absolute atomic E-state index is 0.0173. The summed E-state index contributed by atoms with van der Waals surface area (Å²) in [5.41, 5.74) is 2.61. The molecule has 0 heterocycles. The minimum atomic E-state index is -0.641. The fraction of sp³-hybridized carbons (Fsp3) is 0. The number of aromatic hydroxyl groups is 3. The molecule has 1 amide bonds. The molecule has 0 spiro atoms. The first-order chi connectivity index (χ1) is 9.97. The topological polar surface area (TPSA) is 102 Å². The largest absolute Gasteiger partial charge is 0.508 e. The first-order valence-electron chi connectivity index (χ1n) is 5.81. The lowest BCUT2D eigenvalue weighted by atomic mass is 10.2. The molecule has 7 heteroatoms. The molecular formula is C14H11BrN2O4. The number of nitrogens with zero attached hydrogens (tertiary/aromatic N) is 1. The van der Waals surface area contributed by atoms with Gasteiger partial charge in [-0.25, -0.2) is 5.43 Å². The van der Waals surface area contributed by atoms with Gasteiger partial charge >= 0.3 is 0 Å². The zero-order chi connectivity index (χ0) is 15.4. The third-order valence-corrected chi connectivity index (χ3v) is 3.08. The number of carbonyl (C=O) groups excluding carboxylic acids is 1. The minimum Gasteiger partial charge on any atom is -0.508 e. The molecule has 0 aliphatic rings. The van der Waals surface area contributed by atoms with Crippen LogP contribution in [-0.4, -0.2) is 27.4 Å². The molecular weight excluding hydrogens is 340 g/mol. The Labute approximate surface area is 128 Å². The van der Waals surface area contributed by atoms with Crippen molar-refractivity contribution in [3.8, 4) is 17.2 Å². The molecule has 4 N–H and O–H groups in total. The summed E-state index contributed by atoms with van der Waals surface area (Å²) in [5, 5.41) is 32.0. The van der Waals surface area contributed by atoms with Crippen LogP contribution in [0.2, 0.25) is 0 Å². The number of hydrogen-bond donors (Lipinski definition) is 4. The second kappa shape index (κ2) is 6.27. The summed E-state index contributed by atoms with van der Waals surface area (Å²) >= 11 is 3.25. The highest BCUT2D eigenvalue weighted by Crippen LogP contribution is 2.22. The van der Waals surface area contributed by atoms with Crippen LogP contribution in [0.1, 0.15) is 15.9 Å². The monoisotopic (exact) mass is 350 g/mol. The van der Waals surface area contributed by atoms with Gasteiger partial charge in [0.2, 0.25) is 0 Å². The van der Waals surface area contributed by atoms with E-state index in [0.717, 1.165) is 10.5 Å². The maximum atomic E-state index is 11.8. The number of phenolic OH excluding ortho intramolecular Hbond substituents is 3. The van der Waals surface area contributed by atoms with Crippen LogP contribution in [-0.2, 0) is 0 Å². The number of rotatable bonds is 3. The molecule has 0 bridgehead atoms. The highest BCUT2D eigenvalue weighted by atomic mass is 79.9. The third-order valence-electron chi connectivity index (χ3n) is 2.59. The van der Waals surface area contributed by atoms with Crippen molar-refractivity contribution in [3.63, 3.8) is 0 Å². The van der Waals surface area contributed by atoms with Crippen molar-refractivity contribution >= 4 is 28.1 Å². The molecule has 0 aliphatic heterocycles. The molecule has 0 saturated carbocycles. The third kappa shape index (κ3) is 3.73. The lowest BCUT2D eigenvalue weighted by Gasteiger charge is -2.03. The van der Waals surface area contributed by atoms with Crippen LogP contribution in [0, 0.1) is 0 Å². The molecule has 0 atom stereocenters. The SMILES string of the molecule is O=C(NN=Cc1cc(Br)ccc1O)c1ccc(O)cc1O. The molecule has 0 radical (unpaired) electrons. The van der Waals surface area contributed by atoms with Crippen LogP contribution in [0.3, 0.4) is 0 Å². The molecule has 0 fully saturated rings. The molecule has 21 heavy (non-hydrogen) atoms. The lowest BCUT2D eigenvalue weighted by Crippen LogP contribution is -2.17. The Hall–Kier alpha value is -2.54. The maximum absolute atomic E-state index is 11.8. The summed E-state index contributed by atoms with van der Waals surface area (Å²) < 4.78 is 0.754. The van der Waals surface area contributed by atoms with Crippen molar-refractivity contribution in [2.75, 3.05) is 0 Å². The van der Waals surface area contributed by atoms with Crippen molar-refractivity contribution in [2.45, 2.75) is 0 Å². The van der Waals surface area contributed by atoms with Gasteiger partial charge in [0.05, 0.1) is 11.8 Å². The van der Waals surface area contributed by atoms with E-state index in [0.29, 0.717) is 5.56 Å². The highest BCUT2D eigenvalue weighted by molar-refractivity contribution is 9.10. The Morgan fingerprint density at radius 1 is 1.10 bits per heavy atom. The number of nitrogens with one attached hydrogen (secondary N) is 1. The van der Waals surface area contributed by atoms with E-state index >= 15 is 0 Å². The van der Waals surface area contributed by atoms with E-state index in [1.165, 1.54) is 24.4 Å². The van der Waals surface area contributed by atoms with Crippen LogP contribution < -0.4 is 5.43 Å². The smallest absolute Gasteiger partial charge is 0.275 e. The molecule has 108 valence electrons. The standard InChI is InChI=1S/C14H11BrN2O4/c15-9-1-4-12(19)8(5-9)7-16-17-14(21)11-3-2-10(18)6-13(11)20/h1-7,18-20H,(H,17,21). The van der Waals surface area contributed by atoms with Gasteiger partial charge in [-0.2, -0.15) is 5.10 Å². The fourth-order valence-corrected chi connectivity index (χ4v) is 1.94. The van der Waals surface area contributed by atoms with Crippen molar-refractivity contribution in [1.82, 2.24) is 5.43 Å². The van der Waals surface area contributed by atoms with Crippen LogP contribution >= 0.6 is 15.9 Å². The van der Waals surface area contributed by atoms with E-state index in [9.17, 15) is 15.0 Å². The zero-order valence-electron chi connectivity index (χ0n) is 10.6. The van der Waals surface area contributed by atoms with Gasteiger partial charge in [-0.15, -0.1) is 0 Å². The second-order valence-electron chi connectivity index (χ2n) is 4.10. The number of carbonyl (C=O) groups is 1. The van der Waals surface area contributed by atoms with Crippen LogP contribution in [0.25, 0.3) is 0 Å². The van der Waals surface area contributed by atoms with Gasteiger partial charge in [0.15, 0.2) is 0 Å². The molecule has 0 aromatic heterocycles. The molecule has 0 unspecified atom stereocenters. The summed E-state index contributed by atoms with van der Waals surface area (Å²) in [7, 11) is 0. The van der Waals surface area contributed by atoms with E-state index in [4.69, 9.17) is 5.11 Å². The normalized spacial score (nSPS) is 10.7. The summed E-state index contributed by atoms with van der Waals surface area (Å²) in [4.78, 5) is 11.8. The summed E-state index contributed by atoms with van der Waals surface area (Å²) in [6, 6.07) is 8.38. The number of halogens is 1. The second-order valence-corrected chi connectivity index (χ2v) is 5.02. The van der Waals surface area contributed by atoms with Gasteiger partial charge in [0, 0.05) is 16.1 Å². The first-order valence-corrected chi connectivity index (χ1v) is 6.60. The maximum Gasteiger partial charge on any atom is 0.275 e. The predicted octanol–water partition coefficient (Wildman–Crippen LogP) is 2.33. The molecule has 2 aromatic rings. The quantitative estimate of drug-likeness (QED) is 0.503. The van der Waals surface area contributed by atoms with Crippen LogP contribution in [0.15, 0.2) is 46.0 Å². The van der Waals surface area contributed by atoms with Gasteiger partial charge in [-0.1, -0.05) is 15.9 Å². The summed E-state index contributed by atoms with van der Waals surface area (Å²) in [5.74, 6) is -1.12. The average Bonchev–Trinajstić information content (AvgIpc) is 2.42. The predicted molar refractivity (Wildman–Crippen MR) is 80.6 cm³/mol. The van der Waals surface area contributed by atoms with Gasteiger partial charge in [0.1, 0.15) is 17.2 Å². The number of hydrogen-bond acceptors (Lipinski definition) is 5. The molecule has 0 aliphatic carbocycles. The summed E-state index contributed by atoms with van der Waals surface area (Å²) in [6.07, 6.45) is 1.27. The fourth-order valence-electron chi connectivity index (χ4n) is 1.56. The number of hydrazone groups is 1. The van der Waals surface area contributed by atoms with E-state index < -0.39 is 5.91 Å². The van der Waals surface area contributed by atoms with E-state index in [2.05, 4.69) is 26.5 Å². The Bertz CT molecular complexity index is 716. The van der Waals surface area contributed by atoms with Gasteiger partial charge in [-0.05, 0) is 30.3 Å². The number of benzene rings is 2. The van der Waals surface area contributed by atoms with E-state index in [1.807, 2.05) is 0 Å². The summed E-state index contributed by atoms with van der Waals surface area (Å²) in [6.45, 7) is 0. The highest BCUT2D eigenvalue weighted by Gasteiger charge is 2.10. The molecule has 2 rings (SSSR count). The first kappa shape index (κ1) is 14.9. The van der Waals surface area contributed by atoms with Gasteiger partial charge < -0.3 is 15.3 Å². The average molecular weight is 351 g/mol. The lowest BCUT2D eigenvalue weighted by molar-refractivity contribution is 0.0952. The van der Waals surface area contributed by atoms with Crippen molar-refractivity contribution in [3.05, 3.63) is 52.0 Å². The Kier molecular flexibility index (Phi) is 4.44. The van der Waals surface area contributed by atoms with Crippen LogP contribution in [0.4, 0.5) is 0 Å². The Morgan fingerprint density at radius 2 is 1.86 bits per heavy atom. The molecule has 2 aromatic carbocycles. The Morgan fingerprint density at radius 3 is 2.57 bits per heavy atom. The van der Waals surface area contributed by atoms with Crippen LogP contribution in [0.5, 0.6) is 17.2 Å². The van der Waals surface area contributed by atoms with E-state index in [-0.39, 0.29) is 22.8 Å². The van der Waals surface area contributed by atoms with Crippen molar-refractivity contribution < 1.29 is 20.1 Å². The number of phenols is 3. The zero-order valence-corrected chi connectivity index (χ0v) is 12.2. The number of amides is 1. The molecule has 6 nitrogen and oxygen atoms in total. The Balaban J connectivity index is 2.10. The van der Waals surface area contributed by atoms with E-state index in [1.54, 1.807) is 12.1 Å².